The Balaban J connectivity index is 1.75. The largest absolute Gasteiger partial charge is 0.486 e. The van der Waals surface area contributed by atoms with Crippen molar-refractivity contribution < 1.29 is 29.3 Å². The molecule has 1 aliphatic carbocycles. The van der Waals surface area contributed by atoms with Gasteiger partial charge in [0, 0.05) is 31.3 Å². The van der Waals surface area contributed by atoms with Crippen molar-refractivity contribution in [3.63, 3.8) is 0 Å². The number of amides is 2. The van der Waals surface area contributed by atoms with Crippen LogP contribution in [-0.4, -0.2) is 72.0 Å². The number of aliphatic hydroxyl groups is 2. The number of methoxy groups -OCH3 is 1. The predicted molar refractivity (Wildman–Crippen MR) is 135 cm³/mol. The Hall–Kier alpha value is -2.62. The first-order chi connectivity index (χ1) is 17.3. The lowest BCUT2D eigenvalue weighted by molar-refractivity contribution is -0.139. The number of nitrogens with zero attached hydrogens (tertiary/aromatic N) is 1. The lowest BCUT2D eigenvalue weighted by Gasteiger charge is -2.41. The summed E-state index contributed by atoms with van der Waals surface area (Å²) < 4.78 is 11.2. The number of hydrogen-bond acceptors (Lipinski definition) is 6. The van der Waals surface area contributed by atoms with Crippen LogP contribution >= 0.6 is 23.2 Å². The second-order valence-electron chi connectivity index (χ2n) is 8.69. The zero-order valence-electron chi connectivity index (χ0n) is 19.7. The minimum absolute atomic E-state index is 0.0725. The molecule has 2 aliphatic rings. The Bertz CT molecular complexity index is 1160. The Labute approximate surface area is 219 Å². The fraction of sp³-hybridized carbons (Fsp3) is 0.385. The van der Waals surface area contributed by atoms with Crippen LogP contribution in [0.4, 0.5) is 0 Å². The molecule has 8 nitrogen and oxygen atoms in total. The Morgan fingerprint density at radius 2 is 1.94 bits per heavy atom. The molecule has 192 valence electrons. The highest BCUT2D eigenvalue weighted by Crippen LogP contribution is 2.47. The molecule has 2 amide bonds. The van der Waals surface area contributed by atoms with Crippen molar-refractivity contribution in [3.8, 4) is 5.75 Å². The van der Waals surface area contributed by atoms with Crippen molar-refractivity contribution >= 4 is 35.0 Å². The number of benzene rings is 2. The molecule has 3 N–H and O–H groups in total. The molecule has 0 aromatic heterocycles. The third-order valence-corrected chi connectivity index (χ3v) is 7.15. The molecule has 2 aromatic rings. The third kappa shape index (κ3) is 5.38. The van der Waals surface area contributed by atoms with Gasteiger partial charge in [-0.1, -0.05) is 47.5 Å². The van der Waals surface area contributed by atoms with Crippen LogP contribution in [0.3, 0.4) is 0 Å². The maximum Gasteiger partial charge on any atom is 0.247 e. The van der Waals surface area contributed by atoms with E-state index >= 15 is 0 Å². The van der Waals surface area contributed by atoms with Crippen LogP contribution in [0.25, 0.3) is 0 Å². The summed E-state index contributed by atoms with van der Waals surface area (Å²) in [5.41, 5.74) is 1.86. The summed E-state index contributed by atoms with van der Waals surface area (Å²) in [6.45, 7) is 0.170. The molecule has 0 spiro atoms. The monoisotopic (exact) mass is 534 g/mol. The SMILES string of the molecule is COCCC(=O)N(Cc1ccc(Cl)c(Cl)c1)[C@@H]1C=C(C(=O)NCCO)[C@@H]2c3ccccc3O[C@@H]2[C@H]1O. The van der Waals surface area contributed by atoms with Gasteiger partial charge in [0.15, 0.2) is 0 Å². The van der Waals surface area contributed by atoms with Crippen LogP contribution in [-0.2, 0) is 20.9 Å². The van der Waals surface area contributed by atoms with E-state index in [1.54, 1.807) is 30.3 Å². The standard InChI is InChI=1S/C26H28Cl2N2O6/c1-35-11-8-22(32)30(14-15-6-7-18(27)19(28)12-15)20-13-17(26(34)29-9-10-31)23-16-4-2-3-5-21(16)36-25(23)24(20)33/h2-7,12-13,20,23-25,31,33H,8-11,14H2,1H3,(H,29,34)/t20-,23+,24+,25+/m1/s1. The number of carbonyl (C=O) groups is 2. The van der Waals surface area contributed by atoms with E-state index in [9.17, 15) is 19.8 Å². The van der Waals surface area contributed by atoms with E-state index < -0.39 is 30.1 Å². The third-order valence-electron chi connectivity index (χ3n) is 6.41. The van der Waals surface area contributed by atoms with E-state index in [-0.39, 0.29) is 38.6 Å². The second-order valence-corrected chi connectivity index (χ2v) is 9.51. The van der Waals surface area contributed by atoms with Gasteiger partial charge in [-0.2, -0.15) is 0 Å². The Kier molecular flexibility index (Phi) is 8.54. The van der Waals surface area contributed by atoms with Gasteiger partial charge >= 0.3 is 0 Å². The minimum atomic E-state index is -1.12. The van der Waals surface area contributed by atoms with Gasteiger partial charge in [0.05, 0.1) is 41.6 Å². The average molecular weight is 535 g/mol. The molecular formula is C26H28Cl2N2O6. The van der Waals surface area contributed by atoms with E-state index in [1.807, 2.05) is 18.2 Å². The van der Waals surface area contributed by atoms with E-state index in [2.05, 4.69) is 5.32 Å². The van der Waals surface area contributed by atoms with E-state index in [4.69, 9.17) is 32.7 Å². The highest BCUT2D eigenvalue weighted by molar-refractivity contribution is 6.42. The quantitative estimate of drug-likeness (QED) is 0.456. The molecule has 0 unspecified atom stereocenters. The van der Waals surface area contributed by atoms with Crippen LogP contribution in [0, 0.1) is 0 Å². The van der Waals surface area contributed by atoms with Crippen LogP contribution in [0.2, 0.25) is 10.0 Å². The highest BCUT2D eigenvalue weighted by Gasteiger charge is 2.50. The number of aliphatic hydroxyl groups excluding tert-OH is 2. The lowest BCUT2D eigenvalue weighted by Crippen LogP contribution is -2.55. The number of hydrogen-bond donors (Lipinski definition) is 3. The van der Waals surface area contributed by atoms with Gasteiger partial charge in [0.1, 0.15) is 18.0 Å². The molecule has 1 aliphatic heterocycles. The molecule has 10 heteroatoms. The maximum atomic E-state index is 13.3. The van der Waals surface area contributed by atoms with Crippen molar-refractivity contribution in [2.75, 3.05) is 26.9 Å². The summed E-state index contributed by atoms with van der Waals surface area (Å²) in [4.78, 5) is 28.0. The summed E-state index contributed by atoms with van der Waals surface area (Å²) in [7, 11) is 1.50. The molecule has 0 saturated carbocycles. The molecule has 4 rings (SSSR count). The summed E-state index contributed by atoms with van der Waals surface area (Å²) in [5, 5.41) is 24.1. The predicted octanol–water partition coefficient (Wildman–Crippen LogP) is 2.68. The molecule has 4 atom stereocenters. The summed E-state index contributed by atoms with van der Waals surface area (Å²) in [5.74, 6) is -0.607. The normalized spacial score (nSPS) is 22.2. The molecular weight excluding hydrogens is 507 g/mol. The average Bonchev–Trinajstić information content (AvgIpc) is 3.27. The number of fused-ring (bicyclic) bond motifs is 3. The van der Waals surface area contributed by atoms with Gasteiger partial charge in [-0.15, -0.1) is 0 Å². The van der Waals surface area contributed by atoms with Gasteiger partial charge in [0.2, 0.25) is 11.8 Å². The van der Waals surface area contributed by atoms with Gasteiger partial charge in [-0.3, -0.25) is 9.59 Å². The fourth-order valence-electron chi connectivity index (χ4n) is 4.72. The highest BCUT2D eigenvalue weighted by atomic mass is 35.5. The zero-order valence-corrected chi connectivity index (χ0v) is 21.2. The molecule has 0 bridgehead atoms. The molecule has 1 heterocycles. The number of halogens is 2. The molecule has 2 aromatic carbocycles. The minimum Gasteiger partial charge on any atom is -0.486 e. The zero-order chi connectivity index (χ0) is 25.8. The first-order valence-electron chi connectivity index (χ1n) is 11.6. The number of nitrogens with one attached hydrogen (secondary N) is 1. The van der Waals surface area contributed by atoms with Crippen molar-refractivity contribution in [1.82, 2.24) is 10.2 Å². The van der Waals surface area contributed by atoms with E-state index in [0.717, 1.165) is 5.56 Å². The second kappa shape index (κ2) is 11.6. The number of rotatable bonds is 9. The topological polar surface area (TPSA) is 108 Å². The molecule has 0 saturated heterocycles. The number of ether oxygens (including phenoxy) is 2. The first kappa shape index (κ1) is 26.4. The summed E-state index contributed by atoms with van der Waals surface area (Å²) in [6.07, 6.45) is -0.188. The van der Waals surface area contributed by atoms with E-state index in [0.29, 0.717) is 26.9 Å². The van der Waals surface area contributed by atoms with E-state index in [1.165, 1.54) is 12.0 Å². The van der Waals surface area contributed by atoms with Crippen LogP contribution in [0.5, 0.6) is 5.75 Å². The molecule has 36 heavy (non-hydrogen) atoms. The summed E-state index contributed by atoms with van der Waals surface area (Å²) in [6, 6.07) is 11.5. The van der Waals surface area contributed by atoms with Crippen molar-refractivity contribution in [2.24, 2.45) is 0 Å². The first-order valence-corrected chi connectivity index (χ1v) is 12.4. The smallest absolute Gasteiger partial charge is 0.247 e. The number of carbonyl (C=O) groups excluding carboxylic acids is 2. The van der Waals surface area contributed by atoms with Gasteiger partial charge < -0.3 is 29.9 Å². The molecule has 0 radical (unpaired) electrons. The Morgan fingerprint density at radius 3 is 2.67 bits per heavy atom. The number of para-hydroxylation sites is 1. The van der Waals surface area contributed by atoms with Crippen LogP contribution in [0.1, 0.15) is 23.5 Å². The fourth-order valence-corrected chi connectivity index (χ4v) is 5.04. The lowest BCUT2D eigenvalue weighted by atomic mass is 9.77. The van der Waals surface area contributed by atoms with Gasteiger partial charge in [-0.05, 0) is 29.8 Å². The van der Waals surface area contributed by atoms with Crippen LogP contribution < -0.4 is 10.1 Å². The van der Waals surface area contributed by atoms with Crippen molar-refractivity contribution in [1.29, 1.82) is 0 Å². The van der Waals surface area contributed by atoms with Crippen molar-refractivity contribution in [3.05, 3.63) is 75.3 Å². The van der Waals surface area contributed by atoms with Crippen molar-refractivity contribution in [2.45, 2.75) is 37.1 Å². The maximum absolute atomic E-state index is 13.3. The van der Waals surface area contributed by atoms with Gasteiger partial charge in [-0.25, -0.2) is 0 Å². The van der Waals surface area contributed by atoms with Crippen LogP contribution in [0.15, 0.2) is 54.1 Å². The summed E-state index contributed by atoms with van der Waals surface area (Å²) >= 11 is 12.3. The molecule has 0 fully saturated rings. The Morgan fingerprint density at radius 1 is 1.17 bits per heavy atom. The van der Waals surface area contributed by atoms with Gasteiger partial charge in [0.25, 0.3) is 0 Å².